The van der Waals surface area contributed by atoms with Crippen molar-refractivity contribution in [3.63, 3.8) is 0 Å². The highest BCUT2D eigenvalue weighted by Crippen LogP contribution is 2.21. The first-order chi connectivity index (χ1) is 10.3. The first kappa shape index (κ1) is 15.2. The molecule has 1 aliphatic heterocycles. The molecule has 1 saturated heterocycles. The lowest BCUT2D eigenvalue weighted by molar-refractivity contribution is 0.0817. The Labute approximate surface area is 124 Å². The summed E-state index contributed by atoms with van der Waals surface area (Å²) in [5.74, 6) is 0.536. The van der Waals surface area contributed by atoms with Gasteiger partial charge >= 0.3 is 6.09 Å². The van der Waals surface area contributed by atoms with Gasteiger partial charge < -0.3 is 9.64 Å². The van der Waals surface area contributed by atoms with Crippen LogP contribution in [-0.4, -0.2) is 30.6 Å². The molecule has 112 valence electrons. The summed E-state index contributed by atoms with van der Waals surface area (Å²) < 4.78 is 5.32. The fraction of sp³-hybridized carbons (Fsp3) is 0.533. The summed E-state index contributed by atoms with van der Waals surface area (Å²) in [6.45, 7) is 2.29. The van der Waals surface area contributed by atoms with Gasteiger partial charge in [-0.2, -0.15) is 0 Å². The average Bonchev–Trinajstić information content (AvgIpc) is 2.54. The van der Waals surface area contributed by atoms with Crippen molar-refractivity contribution in [3.8, 4) is 0 Å². The smallest absolute Gasteiger partial charge is 0.410 e. The number of carbonyl (C=O) groups is 1. The zero-order valence-corrected chi connectivity index (χ0v) is 12.0. The minimum atomic E-state index is -0.243. The van der Waals surface area contributed by atoms with Gasteiger partial charge in [0.05, 0.1) is 0 Å². The van der Waals surface area contributed by atoms with Gasteiger partial charge in [0.25, 0.3) is 0 Å². The van der Waals surface area contributed by atoms with Crippen molar-refractivity contribution in [1.29, 1.82) is 0 Å². The first-order valence-electron chi connectivity index (χ1n) is 7.26. The van der Waals surface area contributed by atoms with Crippen LogP contribution in [-0.2, 0) is 11.3 Å². The Morgan fingerprint density at radius 2 is 2.05 bits per heavy atom. The second-order valence-electron chi connectivity index (χ2n) is 5.21. The second-order valence-corrected chi connectivity index (χ2v) is 5.21. The number of piperidine rings is 1. The molecule has 0 bridgehead atoms. The molecule has 1 aromatic rings. The fourth-order valence-electron chi connectivity index (χ4n) is 2.50. The number of nitrogens with zero attached hydrogens (tertiary/aromatic N) is 4. The molecule has 1 heterocycles. The Morgan fingerprint density at radius 1 is 1.33 bits per heavy atom. The van der Waals surface area contributed by atoms with Crippen LogP contribution in [0.2, 0.25) is 0 Å². The van der Waals surface area contributed by atoms with Crippen LogP contribution in [0.25, 0.3) is 10.4 Å². The molecular weight excluding hydrogens is 268 g/mol. The molecule has 0 spiro atoms. The minimum absolute atomic E-state index is 0.243. The topological polar surface area (TPSA) is 78.3 Å². The van der Waals surface area contributed by atoms with Gasteiger partial charge in [0.1, 0.15) is 6.61 Å². The van der Waals surface area contributed by atoms with Gasteiger partial charge in [0.15, 0.2) is 0 Å². The van der Waals surface area contributed by atoms with Crippen LogP contribution >= 0.6 is 0 Å². The molecule has 1 amide bonds. The van der Waals surface area contributed by atoms with E-state index in [4.69, 9.17) is 10.3 Å². The molecule has 2 rings (SSSR count). The Bertz CT molecular complexity index is 492. The van der Waals surface area contributed by atoms with Crippen LogP contribution in [0.15, 0.2) is 35.4 Å². The molecule has 0 N–H and O–H groups in total. The molecule has 0 atom stereocenters. The van der Waals surface area contributed by atoms with Gasteiger partial charge in [-0.1, -0.05) is 35.4 Å². The fourth-order valence-corrected chi connectivity index (χ4v) is 2.50. The van der Waals surface area contributed by atoms with Crippen molar-refractivity contribution >= 4 is 6.09 Å². The second kappa shape index (κ2) is 8.17. The van der Waals surface area contributed by atoms with Crippen LogP contribution in [0.1, 0.15) is 24.8 Å². The normalized spacial score (nSPS) is 15.3. The predicted octanol–water partition coefficient (Wildman–Crippen LogP) is 3.74. The van der Waals surface area contributed by atoms with E-state index in [9.17, 15) is 4.79 Å². The monoisotopic (exact) mass is 288 g/mol. The number of hydrogen-bond donors (Lipinski definition) is 0. The standard InChI is InChI=1S/C15H20N4O2/c16-18-17-9-6-13-7-10-19(11-8-13)15(20)21-12-14-4-2-1-3-5-14/h1-5,13H,6-12H2. The van der Waals surface area contributed by atoms with Gasteiger partial charge in [0, 0.05) is 24.5 Å². The van der Waals surface area contributed by atoms with Crippen molar-refractivity contribution in [2.45, 2.75) is 25.9 Å². The van der Waals surface area contributed by atoms with Gasteiger partial charge in [0.2, 0.25) is 0 Å². The van der Waals surface area contributed by atoms with E-state index in [-0.39, 0.29) is 6.09 Å². The van der Waals surface area contributed by atoms with E-state index >= 15 is 0 Å². The summed E-state index contributed by atoms with van der Waals surface area (Å²) in [5.41, 5.74) is 9.25. The third-order valence-electron chi connectivity index (χ3n) is 3.78. The zero-order chi connectivity index (χ0) is 14.9. The van der Waals surface area contributed by atoms with Crippen LogP contribution in [0.4, 0.5) is 4.79 Å². The number of carbonyl (C=O) groups excluding carboxylic acids is 1. The van der Waals surface area contributed by atoms with Crippen molar-refractivity contribution in [1.82, 2.24) is 4.90 Å². The van der Waals surface area contributed by atoms with Crippen LogP contribution < -0.4 is 0 Å². The molecule has 1 fully saturated rings. The third kappa shape index (κ3) is 5.00. The largest absolute Gasteiger partial charge is 0.445 e. The van der Waals surface area contributed by atoms with Crippen LogP contribution in [0.3, 0.4) is 0 Å². The molecule has 1 aliphatic rings. The Balaban J connectivity index is 1.69. The summed E-state index contributed by atoms with van der Waals surface area (Å²) >= 11 is 0. The predicted molar refractivity (Wildman–Crippen MR) is 79.6 cm³/mol. The van der Waals surface area contributed by atoms with Gasteiger partial charge in [-0.3, -0.25) is 0 Å². The quantitative estimate of drug-likeness (QED) is 0.470. The van der Waals surface area contributed by atoms with E-state index in [0.717, 1.165) is 24.8 Å². The Hall–Kier alpha value is -2.20. The highest BCUT2D eigenvalue weighted by Gasteiger charge is 2.23. The molecule has 0 unspecified atom stereocenters. The summed E-state index contributed by atoms with van der Waals surface area (Å²) in [4.78, 5) is 16.5. The van der Waals surface area contributed by atoms with E-state index in [0.29, 0.717) is 32.2 Å². The highest BCUT2D eigenvalue weighted by atomic mass is 16.6. The molecule has 6 heteroatoms. The maximum atomic E-state index is 12.0. The highest BCUT2D eigenvalue weighted by molar-refractivity contribution is 5.67. The van der Waals surface area contributed by atoms with Crippen LogP contribution in [0.5, 0.6) is 0 Å². The molecule has 0 aromatic heterocycles. The van der Waals surface area contributed by atoms with Crippen molar-refractivity contribution in [3.05, 3.63) is 46.3 Å². The Morgan fingerprint density at radius 3 is 2.71 bits per heavy atom. The molecule has 0 saturated carbocycles. The van der Waals surface area contributed by atoms with Gasteiger partial charge in [-0.15, -0.1) is 0 Å². The van der Waals surface area contributed by atoms with E-state index in [1.165, 1.54) is 0 Å². The van der Waals surface area contributed by atoms with Crippen molar-refractivity contribution in [2.75, 3.05) is 19.6 Å². The number of ether oxygens (including phenoxy) is 1. The van der Waals surface area contributed by atoms with Crippen molar-refractivity contribution in [2.24, 2.45) is 11.0 Å². The van der Waals surface area contributed by atoms with Gasteiger partial charge in [-0.25, -0.2) is 4.79 Å². The molecule has 1 aromatic carbocycles. The van der Waals surface area contributed by atoms with E-state index in [1.807, 2.05) is 30.3 Å². The SMILES string of the molecule is [N-]=[N+]=NCCC1CCN(C(=O)OCc2ccccc2)CC1. The first-order valence-corrected chi connectivity index (χ1v) is 7.26. The number of hydrogen-bond acceptors (Lipinski definition) is 3. The van der Waals surface area contributed by atoms with E-state index < -0.39 is 0 Å². The summed E-state index contributed by atoms with van der Waals surface area (Å²) in [6.07, 6.45) is 2.55. The molecular formula is C15H20N4O2. The number of azide groups is 1. The molecule has 21 heavy (non-hydrogen) atoms. The maximum absolute atomic E-state index is 12.0. The van der Waals surface area contributed by atoms with E-state index in [2.05, 4.69) is 10.0 Å². The maximum Gasteiger partial charge on any atom is 0.410 e. The third-order valence-corrected chi connectivity index (χ3v) is 3.78. The molecule has 0 aliphatic carbocycles. The van der Waals surface area contributed by atoms with E-state index in [1.54, 1.807) is 4.90 Å². The number of benzene rings is 1. The summed E-state index contributed by atoms with van der Waals surface area (Å²) in [5, 5.41) is 3.56. The number of rotatable bonds is 5. The minimum Gasteiger partial charge on any atom is -0.445 e. The van der Waals surface area contributed by atoms with Crippen molar-refractivity contribution < 1.29 is 9.53 Å². The lowest BCUT2D eigenvalue weighted by Gasteiger charge is -2.31. The summed E-state index contributed by atoms with van der Waals surface area (Å²) in [7, 11) is 0. The average molecular weight is 288 g/mol. The lowest BCUT2D eigenvalue weighted by atomic mass is 9.94. The molecule has 0 radical (unpaired) electrons. The number of amides is 1. The van der Waals surface area contributed by atoms with Crippen LogP contribution in [0, 0.1) is 5.92 Å². The van der Waals surface area contributed by atoms with Gasteiger partial charge in [-0.05, 0) is 36.3 Å². The summed E-state index contributed by atoms with van der Waals surface area (Å²) in [6, 6.07) is 9.67. The zero-order valence-electron chi connectivity index (χ0n) is 12.0. The molecule has 6 nitrogen and oxygen atoms in total. The number of likely N-dealkylation sites (tertiary alicyclic amines) is 1. The Kier molecular flexibility index (Phi) is 5.91. The lowest BCUT2D eigenvalue weighted by Crippen LogP contribution is -2.38.